The van der Waals surface area contributed by atoms with E-state index in [-0.39, 0.29) is 11.8 Å². The molecule has 0 saturated heterocycles. The van der Waals surface area contributed by atoms with Gasteiger partial charge in [-0.3, -0.25) is 9.59 Å². The number of carbonyl (C=O) groups is 3. The van der Waals surface area contributed by atoms with E-state index in [1.165, 1.54) is 6.92 Å². The van der Waals surface area contributed by atoms with Crippen LogP contribution in [0.4, 0.5) is 0 Å². The lowest BCUT2D eigenvalue weighted by atomic mass is 9.95. The molecular formula is C14H26N2O4. The van der Waals surface area contributed by atoms with Gasteiger partial charge in [0.15, 0.2) is 0 Å². The van der Waals surface area contributed by atoms with Gasteiger partial charge in [-0.2, -0.15) is 0 Å². The van der Waals surface area contributed by atoms with Crippen LogP contribution in [0.3, 0.4) is 0 Å². The monoisotopic (exact) mass is 286 g/mol. The number of carboxylic acid groups (broad SMARTS) is 1. The summed E-state index contributed by atoms with van der Waals surface area (Å²) < 4.78 is 0. The fourth-order valence-corrected chi connectivity index (χ4v) is 1.47. The van der Waals surface area contributed by atoms with Crippen LogP contribution < -0.4 is 10.6 Å². The van der Waals surface area contributed by atoms with Crippen molar-refractivity contribution in [3.05, 3.63) is 0 Å². The molecule has 0 rings (SSSR count). The van der Waals surface area contributed by atoms with Gasteiger partial charge in [0, 0.05) is 5.41 Å². The molecule has 0 aliphatic carbocycles. The first-order chi connectivity index (χ1) is 8.95. The molecule has 0 spiro atoms. The normalized spacial score (nSPS) is 14.6. The Morgan fingerprint density at radius 3 is 1.90 bits per heavy atom. The number of rotatable bonds is 6. The summed E-state index contributed by atoms with van der Waals surface area (Å²) in [5.74, 6) is -1.66. The van der Waals surface area contributed by atoms with Crippen molar-refractivity contribution in [2.45, 2.75) is 60.0 Å². The molecule has 0 aliphatic rings. The molecule has 0 fully saturated rings. The second-order valence-corrected chi connectivity index (χ2v) is 6.47. The third-order valence-corrected chi connectivity index (χ3v) is 2.74. The van der Waals surface area contributed by atoms with E-state index >= 15 is 0 Å². The highest BCUT2D eigenvalue weighted by atomic mass is 16.4. The standard InChI is InChI=1S/C14H26N2O4/c1-8(2)7-10(12(18)19)16-11(17)9(3)15-13(20)14(4,5)6/h8-10H,7H2,1-6H3,(H,15,20)(H,16,17)(H,18,19)/t9?,10-/m0/s1. The fourth-order valence-electron chi connectivity index (χ4n) is 1.47. The SMILES string of the molecule is CC(C)C[C@H](NC(=O)C(C)NC(=O)C(C)(C)C)C(=O)O. The second-order valence-electron chi connectivity index (χ2n) is 6.47. The van der Waals surface area contributed by atoms with Crippen molar-refractivity contribution in [2.24, 2.45) is 11.3 Å². The van der Waals surface area contributed by atoms with Crippen LogP contribution in [-0.2, 0) is 14.4 Å². The molecule has 116 valence electrons. The average molecular weight is 286 g/mol. The molecule has 0 aromatic carbocycles. The first-order valence-corrected chi connectivity index (χ1v) is 6.79. The molecule has 20 heavy (non-hydrogen) atoms. The Kier molecular flexibility index (Phi) is 6.68. The number of aliphatic carboxylic acids is 1. The van der Waals surface area contributed by atoms with Crippen molar-refractivity contribution in [3.8, 4) is 0 Å². The average Bonchev–Trinajstić information content (AvgIpc) is 2.25. The lowest BCUT2D eigenvalue weighted by molar-refractivity contribution is -0.142. The Labute approximate surface area is 120 Å². The van der Waals surface area contributed by atoms with E-state index in [0.29, 0.717) is 6.42 Å². The molecule has 3 N–H and O–H groups in total. The van der Waals surface area contributed by atoms with Crippen molar-refractivity contribution in [3.63, 3.8) is 0 Å². The fraction of sp³-hybridized carbons (Fsp3) is 0.786. The highest BCUT2D eigenvalue weighted by Crippen LogP contribution is 2.13. The van der Waals surface area contributed by atoms with E-state index in [2.05, 4.69) is 10.6 Å². The van der Waals surface area contributed by atoms with Crippen molar-refractivity contribution in [1.82, 2.24) is 10.6 Å². The number of hydrogen-bond acceptors (Lipinski definition) is 3. The maximum atomic E-state index is 11.9. The second kappa shape index (κ2) is 7.26. The summed E-state index contributed by atoms with van der Waals surface area (Å²) in [6, 6.07) is -1.70. The first-order valence-electron chi connectivity index (χ1n) is 6.79. The molecule has 2 amide bonds. The van der Waals surface area contributed by atoms with Crippen molar-refractivity contribution in [2.75, 3.05) is 0 Å². The first kappa shape index (κ1) is 18.4. The van der Waals surface area contributed by atoms with Gasteiger partial charge >= 0.3 is 5.97 Å². The lowest BCUT2D eigenvalue weighted by Crippen LogP contribution is -2.52. The molecule has 1 unspecified atom stereocenters. The molecule has 0 heterocycles. The number of nitrogens with one attached hydrogen (secondary N) is 2. The maximum absolute atomic E-state index is 11.9. The van der Waals surface area contributed by atoms with Gasteiger partial charge in [0.1, 0.15) is 12.1 Å². The summed E-state index contributed by atoms with van der Waals surface area (Å²) in [7, 11) is 0. The number of carboxylic acids is 1. The van der Waals surface area contributed by atoms with Gasteiger partial charge in [0.05, 0.1) is 0 Å². The Bertz CT molecular complexity index is 372. The van der Waals surface area contributed by atoms with Gasteiger partial charge < -0.3 is 15.7 Å². The van der Waals surface area contributed by atoms with Crippen LogP contribution in [0.1, 0.15) is 48.0 Å². The minimum atomic E-state index is -1.07. The summed E-state index contributed by atoms with van der Waals surface area (Å²) in [6.07, 6.45) is 0.348. The summed E-state index contributed by atoms with van der Waals surface area (Å²) >= 11 is 0. The van der Waals surface area contributed by atoms with Crippen LogP contribution in [0, 0.1) is 11.3 Å². The maximum Gasteiger partial charge on any atom is 0.326 e. The minimum Gasteiger partial charge on any atom is -0.480 e. The molecule has 0 aromatic heterocycles. The molecule has 0 radical (unpaired) electrons. The van der Waals surface area contributed by atoms with Gasteiger partial charge in [0.2, 0.25) is 11.8 Å². The van der Waals surface area contributed by atoms with Crippen LogP contribution in [0.15, 0.2) is 0 Å². The largest absolute Gasteiger partial charge is 0.480 e. The third-order valence-electron chi connectivity index (χ3n) is 2.74. The smallest absolute Gasteiger partial charge is 0.326 e. The minimum absolute atomic E-state index is 0.149. The van der Waals surface area contributed by atoms with E-state index in [1.807, 2.05) is 13.8 Å². The number of carbonyl (C=O) groups excluding carboxylic acids is 2. The third kappa shape index (κ3) is 6.54. The van der Waals surface area contributed by atoms with Gasteiger partial charge in [-0.15, -0.1) is 0 Å². The Hall–Kier alpha value is -1.59. The lowest BCUT2D eigenvalue weighted by Gasteiger charge is -2.23. The van der Waals surface area contributed by atoms with E-state index in [0.717, 1.165) is 0 Å². The van der Waals surface area contributed by atoms with Gasteiger partial charge in [-0.05, 0) is 19.3 Å². The van der Waals surface area contributed by atoms with Crippen LogP contribution in [-0.4, -0.2) is 35.0 Å². The molecular weight excluding hydrogens is 260 g/mol. The zero-order valence-electron chi connectivity index (χ0n) is 13.1. The van der Waals surface area contributed by atoms with Gasteiger partial charge in [0.25, 0.3) is 0 Å². The van der Waals surface area contributed by atoms with Crippen LogP contribution in [0.25, 0.3) is 0 Å². The highest BCUT2D eigenvalue weighted by molar-refractivity contribution is 5.91. The van der Waals surface area contributed by atoms with E-state index in [9.17, 15) is 14.4 Å². The summed E-state index contributed by atoms with van der Waals surface area (Å²) in [5.41, 5.74) is -0.599. The molecule has 0 bridgehead atoms. The molecule has 6 nitrogen and oxygen atoms in total. The molecule has 0 aromatic rings. The molecule has 6 heteroatoms. The van der Waals surface area contributed by atoms with E-state index < -0.39 is 29.4 Å². The summed E-state index contributed by atoms with van der Waals surface area (Å²) in [5, 5.41) is 14.1. The predicted molar refractivity (Wildman–Crippen MR) is 76.1 cm³/mol. The summed E-state index contributed by atoms with van der Waals surface area (Å²) in [6.45, 7) is 10.5. The molecule has 2 atom stereocenters. The Balaban J connectivity index is 4.58. The Morgan fingerprint density at radius 2 is 1.55 bits per heavy atom. The van der Waals surface area contributed by atoms with Gasteiger partial charge in [-0.1, -0.05) is 34.6 Å². The number of hydrogen-bond donors (Lipinski definition) is 3. The van der Waals surface area contributed by atoms with Crippen molar-refractivity contribution < 1.29 is 19.5 Å². The zero-order chi connectivity index (χ0) is 16.1. The topological polar surface area (TPSA) is 95.5 Å². The van der Waals surface area contributed by atoms with Gasteiger partial charge in [-0.25, -0.2) is 4.79 Å². The zero-order valence-corrected chi connectivity index (χ0v) is 13.1. The van der Waals surface area contributed by atoms with Crippen molar-refractivity contribution >= 4 is 17.8 Å². The molecule has 0 aliphatic heterocycles. The van der Waals surface area contributed by atoms with Crippen LogP contribution in [0.5, 0.6) is 0 Å². The van der Waals surface area contributed by atoms with E-state index in [4.69, 9.17) is 5.11 Å². The van der Waals surface area contributed by atoms with Crippen LogP contribution >= 0.6 is 0 Å². The predicted octanol–water partition coefficient (Wildman–Crippen LogP) is 1.15. The summed E-state index contributed by atoms with van der Waals surface area (Å²) in [4.78, 5) is 34.8. The number of amides is 2. The van der Waals surface area contributed by atoms with Crippen molar-refractivity contribution in [1.29, 1.82) is 0 Å². The highest BCUT2D eigenvalue weighted by Gasteiger charge is 2.27. The van der Waals surface area contributed by atoms with E-state index in [1.54, 1.807) is 20.8 Å². The Morgan fingerprint density at radius 1 is 1.05 bits per heavy atom. The quantitative estimate of drug-likeness (QED) is 0.682. The molecule has 0 saturated carbocycles. The van der Waals surface area contributed by atoms with Crippen LogP contribution in [0.2, 0.25) is 0 Å².